The molecule has 1 aromatic heterocycles. The standard InChI is InChI=1S/C30H37ClFN4O8P.CH4/c1-30(2,19-44-45(40,41)42)18-34-26(37)13-12-23(36(3)27(38)14-11-20-9-6-10-24(32)28(20)31)17-43-29(39)35-25-15-21-7-4-5-8-22(21)16-33-25;/h4-10,15-16,23H,11-14,17-19H2,1-3H3,(H,34,37)(H,33,35,39)(H2,40,41,42);1H4/t23-;/m0./s1. The van der Waals surface area contributed by atoms with Gasteiger partial charge in [-0.3, -0.25) is 19.4 Å². The lowest BCUT2D eigenvalue weighted by Gasteiger charge is -2.28. The minimum Gasteiger partial charge on any atom is -0.447 e. The number of nitrogens with one attached hydrogen (secondary N) is 2. The molecular weight excluding hydrogens is 642 g/mol. The lowest BCUT2D eigenvalue weighted by molar-refractivity contribution is -0.133. The van der Waals surface area contributed by atoms with Crippen LogP contribution in [0.15, 0.2) is 54.7 Å². The smallest absolute Gasteiger partial charge is 0.447 e. The van der Waals surface area contributed by atoms with E-state index < -0.39 is 31.2 Å². The predicted molar refractivity (Wildman–Crippen MR) is 174 cm³/mol. The number of amides is 3. The molecule has 0 fully saturated rings. The third kappa shape index (κ3) is 12.6. The van der Waals surface area contributed by atoms with Crippen LogP contribution in [0.1, 0.15) is 46.1 Å². The van der Waals surface area contributed by atoms with E-state index >= 15 is 0 Å². The number of benzene rings is 2. The van der Waals surface area contributed by atoms with Gasteiger partial charge in [0.25, 0.3) is 0 Å². The molecule has 0 bridgehead atoms. The average molecular weight is 683 g/mol. The minimum absolute atomic E-state index is 0. The van der Waals surface area contributed by atoms with E-state index in [9.17, 15) is 23.3 Å². The number of nitrogens with zero attached hydrogens (tertiary/aromatic N) is 2. The molecule has 252 valence electrons. The Morgan fingerprint density at radius 3 is 2.50 bits per heavy atom. The van der Waals surface area contributed by atoms with Crippen molar-refractivity contribution in [1.82, 2.24) is 15.2 Å². The second-order valence-electron chi connectivity index (χ2n) is 11.3. The Morgan fingerprint density at radius 2 is 1.80 bits per heavy atom. The molecule has 15 heteroatoms. The van der Waals surface area contributed by atoms with E-state index in [1.165, 1.54) is 24.1 Å². The number of carbonyl (C=O) groups is 3. The number of halogens is 2. The van der Waals surface area contributed by atoms with Gasteiger partial charge in [-0.25, -0.2) is 18.7 Å². The molecule has 2 aromatic carbocycles. The molecule has 1 heterocycles. The van der Waals surface area contributed by atoms with Crippen LogP contribution in [0.4, 0.5) is 15.0 Å². The molecule has 3 amide bonds. The third-order valence-electron chi connectivity index (χ3n) is 6.94. The SMILES string of the molecule is C.CN(C(=O)CCc1cccc(F)c1Cl)[C@@H](CCC(=O)NCC(C)(C)COP(=O)(O)O)COC(=O)Nc1cc2ccccc2cn1. The highest BCUT2D eigenvalue weighted by atomic mass is 35.5. The number of anilines is 1. The van der Waals surface area contributed by atoms with Crippen LogP contribution in [-0.2, 0) is 29.8 Å². The van der Waals surface area contributed by atoms with Gasteiger partial charge in [-0.2, -0.15) is 0 Å². The van der Waals surface area contributed by atoms with Crippen LogP contribution in [-0.4, -0.2) is 70.4 Å². The number of ether oxygens (including phenoxy) is 1. The van der Waals surface area contributed by atoms with E-state index in [0.717, 1.165) is 10.8 Å². The van der Waals surface area contributed by atoms with Gasteiger partial charge in [-0.1, -0.05) is 69.3 Å². The monoisotopic (exact) mass is 682 g/mol. The molecular formula is C31H41ClFN4O8P. The van der Waals surface area contributed by atoms with Crippen molar-refractivity contribution in [2.45, 2.75) is 53.0 Å². The average Bonchev–Trinajstić information content (AvgIpc) is 2.99. The van der Waals surface area contributed by atoms with Crippen molar-refractivity contribution in [3.8, 4) is 0 Å². The normalized spacial score (nSPS) is 12.2. The van der Waals surface area contributed by atoms with Crippen LogP contribution >= 0.6 is 19.4 Å². The molecule has 0 aliphatic rings. The van der Waals surface area contributed by atoms with Crippen molar-refractivity contribution in [2.24, 2.45) is 5.41 Å². The summed E-state index contributed by atoms with van der Waals surface area (Å²) >= 11 is 6.03. The molecule has 0 unspecified atom stereocenters. The van der Waals surface area contributed by atoms with Crippen molar-refractivity contribution in [1.29, 1.82) is 0 Å². The molecule has 3 rings (SSSR count). The van der Waals surface area contributed by atoms with Gasteiger partial charge in [-0.05, 0) is 35.9 Å². The third-order valence-corrected chi connectivity index (χ3v) is 7.83. The summed E-state index contributed by atoms with van der Waals surface area (Å²) in [6.45, 7) is 2.87. The number of aromatic nitrogens is 1. The summed E-state index contributed by atoms with van der Waals surface area (Å²) < 4.78 is 34.8. The van der Waals surface area contributed by atoms with Crippen LogP contribution in [0.3, 0.4) is 0 Å². The summed E-state index contributed by atoms with van der Waals surface area (Å²) in [5.74, 6) is -1.04. The second kappa shape index (κ2) is 17.3. The quantitative estimate of drug-likeness (QED) is 0.147. The fourth-order valence-corrected chi connectivity index (χ4v) is 4.99. The number of rotatable bonds is 15. The Morgan fingerprint density at radius 1 is 1.11 bits per heavy atom. The van der Waals surface area contributed by atoms with Crippen molar-refractivity contribution < 1.29 is 42.4 Å². The Labute approximate surface area is 272 Å². The highest BCUT2D eigenvalue weighted by molar-refractivity contribution is 7.46. The summed E-state index contributed by atoms with van der Waals surface area (Å²) in [5, 5.41) is 6.97. The molecule has 0 aliphatic heterocycles. The van der Waals surface area contributed by atoms with Gasteiger partial charge in [0.1, 0.15) is 18.2 Å². The Balaban J connectivity index is 0.00000736. The molecule has 1 atom stereocenters. The van der Waals surface area contributed by atoms with Crippen molar-refractivity contribution in [3.05, 3.63) is 71.1 Å². The van der Waals surface area contributed by atoms with Crippen molar-refractivity contribution in [2.75, 3.05) is 32.1 Å². The molecule has 0 radical (unpaired) electrons. The number of phosphoric ester groups is 1. The van der Waals surface area contributed by atoms with E-state index in [-0.39, 0.29) is 75.5 Å². The first-order valence-corrected chi connectivity index (χ1v) is 16.0. The molecule has 3 aromatic rings. The predicted octanol–water partition coefficient (Wildman–Crippen LogP) is 5.70. The number of hydrogen-bond donors (Lipinski definition) is 4. The van der Waals surface area contributed by atoms with Crippen LogP contribution in [0.5, 0.6) is 0 Å². The van der Waals surface area contributed by atoms with E-state index in [1.807, 2.05) is 24.3 Å². The molecule has 0 saturated carbocycles. The van der Waals surface area contributed by atoms with Gasteiger partial charge in [-0.15, -0.1) is 0 Å². The van der Waals surface area contributed by atoms with Gasteiger partial charge in [0.15, 0.2) is 0 Å². The van der Waals surface area contributed by atoms with Crippen molar-refractivity contribution in [3.63, 3.8) is 0 Å². The van der Waals surface area contributed by atoms with Gasteiger partial charge in [0.2, 0.25) is 11.8 Å². The second-order valence-corrected chi connectivity index (χ2v) is 12.9. The molecule has 12 nitrogen and oxygen atoms in total. The number of likely N-dealkylation sites (N-methyl/N-ethyl adjacent to an activating group) is 1. The summed E-state index contributed by atoms with van der Waals surface area (Å²) in [6.07, 6.45) is 1.05. The number of pyridine rings is 1. The molecule has 46 heavy (non-hydrogen) atoms. The first-order valence-electron chi connectivity index (χ1n) is 14.1. The topological polar surface area (TPSA) is 167 Å². The zero-order valence-electron chi connectivity index (χ0n) is 25.2. The summed E-state index contributed by atoms with van der Waals surface area (Å²) in [5.41, 5.74) is -0.308. The number of hydrogen-bond acceptors (Lipinski definition) is 7. The number of fused-ring (bicyclic) bond motifs is 1. The molecule has 0 aliphatic carbocycles. The number of aryl methyl sites for hydroxylation is 1. The number of phosphoric acid groups is 1. The highest BCUT2D eigenvalue weighted by Gasteiger charge is 2.26. The Kier molecular flexibility index (Phi) is 14.5. The first-order chi connectivity index (χ1) is 21.1. The minimum atomic E-state index is -4.66. The maximum atomic E-state index is 13.8. The maximum Gasteiger partial charge on any atom is 0.469 e. The Hall–Kier alpha value is -3.61. The van der Waals surface area contributed by atoms with Gasteiger partial charge in [0.05, 0.1) is 17.7 Å². The summed E-state index contributed by atoms with van der Waals surface area (Å²) in [6, 6.07) is 12.8. The molecule has 0 spiro atoms. The van der Waals surface area contributed by atoms with Gasteiger partial charge in [0, 0.05) is 43.4 Å². The van der Waals surface area contributed by atoms with Crippen LogP contribution < -0.4 is 10.6 Å². The molecule has 0 saturated heterocycles. The fraction of sp³-hybridized carbons (Fsp3) is 0.419. The van der Waals surface area contributed by atoms with Gasteiger partial charge >= 0.3 is 13.9 Å². The number of carbonyl (C=O) groups excluding carboxylic acids is 3. The Bertz CT molecular complexity index is 1550. The summed E-state index contributed by atoms with van der Waals surface area (Å²) in [4.78, 5) is 61.9. The first kappa shape index (κ1) is 38.6. The maximum absolute atomic E-state index is 13.8. The summed E-state index contributed by atoms with van der Waals surface area (Å²) in [7, 11) is -3.14. The lowest BCUT2D eigenvalue weighted by atomic mass is 9.95. The van der Waals surface area contributed by atoms with Crippen LogP contribution in [0, 0.1) is 11.2 Å². The van der Waals surface area contributed by atoms with E-state index in [0.29, 0.717) is 5.56 Å². The van der Waals surface area contributed by atoms with Gasteiger partial charge < -0.3 is 24.7 Å². The largest absolute Gasteiger partial charge is 0.469 e. The molecule has 4 N–H and O–H groups in total. The van der Waals surface area contributed by atoms with E-state index in [2.05, 4.69) is 20.1 Å². The highest BCUT2D eigenvalue weighted by Crippen LogP contribution is 2.37. The van der Waals surface area contributed by atoms with E-state index in [1.54, 1.807) is 32.2 Å². The fourth-order valence-electron chi connectivity index (χ4n) is 4.25. The van der Waals surface area contributed by atoms with Crippen LogP contribution in [0.2, 0.25) is 5.02 Å². The zero-order chi connectivity index (χ0) is 33.2. The van der Waals surface area contributed by atoms with Crippen LogP contribution in [0.25, 0.3) is 10.8 Å². The van der Waals surface area contributed by atoms with Crippen molar-refractivity contribution >= 4 is 53.9 Å². The lowest BCUT2D eigenvalue weighted by Crippen LogP contribution is -2.42. The van der Waals surface area contributed by atoms with E-state index in [4.69, 9.17) is 26.1 Å². The zero-order valence-corrected chi connectivity index (χ0v) is 26.8.